The fraction of sp³-hybridized carbons (Fsp3) is 0.375. The zero-order valence-electron chi connectivity index (χ0n) is 17.5. The highest BCUT2D eigenvalue weighted by Gasteiger charge is 2.34. The molecule has 7 nitrogen and oxygen atoms in total. The van der Waals surface area contributed by atoms with E-state index in [0.29, 0.717) is 35.8 Å². The van der Waals surface area contributed by atoms with E-state index >= 15 is 0 Å². The van der Waals surface area contributed by atoms with E-state index < -0.39 is 5.97 Å². The van der Waals surface area contributed by atoms with E-state index in [1.807, 2.05) is 30.3 Å². The third-order valence-electron chi connectivity index (χ3n) is 6.26. The number of nitrogens with zero attached hydrogens (tertiary/aromatic N) is 2. The summed E-state index contributed by atoms with van der Waals surface area (Å²) in [5.74, 6) is 0.321. The van der Waals surface area contributed by atoms with Gasteiger partial charge < -0.3 is 19.8 Å². The summed E-state index contributed by atoms with van der Waals surface area (Å²) < 4.78 is 5.81. The van der Waals surface area contributed by atoms with Gasteiger partial charge in [-0.3, -0.25) is 9.59 Å². The van der Waals surface area contributed by atoms with E-state index in [9.17, 15) is 9.59 Å². The lowest BCUT2D eigenvalue weighted by Gasteiger charge is -2.33. The quantitative estimate of drug-likeness (QED) is 0.443. The minimum absolute atomic E-state index is 0.0596. The fourth-order valence-electron chi connectivity index (χ4n) is 4.79. The molecule has 1 aromatic heterocycles. The Labute approximate surface area is 180 Å². The summed E-state index contributed by atoms with van der Waals surface area (Å²) in [6.45, 7) is 4.58. The highest BCUT2D eigenvalue weighted by atomic mass is 16.5. The number of carboxylic acid groups (broad SMARTS) is 1. The van der Waals surface area contributed by atoms with Crippen LogP contribution in [-0.2, 0) is 4.79 Å². The number of aromatic nitrogens is 1. The zero-order valence-corrected chi connectivity index (χ0v) is 17.5. The number of rotatable bonds is 6. The van der Waals surface area contributed by atoms with Gasteiger partial charge in [0.15, 0.2) is 11.5 Å². The van der Waals surface area contributed by atoms with Crippen molar-refractivity contribution in [3.63, 3.8) is 0 Å². The van der Waals surface area contributed by atoms with Crippen molar-refractivity contribution in [1.82, 2.24) is 5.16 Å². The maximum absolute atomic E-state index is 13.5. The van der Waals surface area contributed by atoms with E-state index in [1.54, 1.807) is 0 Å². The number of piperidine rings is 1. The topological polar surface area (TPSA) is 95.7 Å². The van der Waals surface area contributed by atoms with Crippen molar-refractivity contribution < 1.29 is 19.2 Å². The van der Waals surface area contributed by atoms with E-state index in [-0.39, 0.29) is 12.2 Å². The number of anilines is 2. The number of carboxylic acids is 1. The minimum Gasteiger partial charge on any atom is -0.481 e. The highest BCUT2D eigenvalue weighted by Crippen LogP contribution is 2.46. The highest BCUT2D eigenvalue weighted by molar-refractivity contribution is 6.28. The van der Waals surface area contributed by atoms with Crippen LogP contribution in [-0.4, -0.2) is 41.7 Å². The lowest BCUT2D eigenvalue weighted by atomic mass is 9.86. The third kappa shape index (κ3) is 3.34. The maximum Gasteiger partial charge on any atom is 0.303 e. The molecular weight excluding hydrogens is 394 g/mol. The number of carbonyl (C=O) groups is 2. The van der Waals surface area contributed by atoms with E-state index in [2.05, 4.69) is 22.3 Å². The molecule has 0 radical (unpaired) electrons. The van der Waals surface area contributed by atoms with Crippen molar-refractivity contribution in [2.75, 3.05) is 29.9 Å². The molecule has 0 amide bonds. The number of ketones is 1. The summed E-state index contributed by atoms with van der Waals surface area (Å²) in [7, 11) is 0. The lowest BCUT2D eigenvalue weighted by molar-refractivity contribution is -0.137. The van der Waals surface area contributed by atoms with Crippen molar-refractivity contribution in [3.8, 4) is 11.3 Å². The molecule has 160 valence electrons. The van der Waals surface area contributed by atoms with Gasteiger partial charge in [0.25, 0.3) is 0 Å². The van der Waals surface area contributed by atoms with Gasteiger partial charge in [0.1, 0.15) is 5.52 Å². The number of hydrogen-bond donors (Lipinski definition) is 2. The van der Waals surface area contributed by atoms with E-state index in [4.69, 9.17) is 9.63 Å². The smallest absolute Gasteiger partial charge is 0.303 e. The second kappa shape index (κ2) is 7.72. The largest absolute Gasteiger partial charge is 0.481 e. The van der Waals surface area contributed by atoms with Crippen molar-refractivity contribution in [3.05, 3.63) is 41.5 Å². The summed E-state index contributed by atoms with van der Waals surface area (Å²) in [6, 6.07) is 9.44. The van der Waals surface area contributed by atoms with E-state index in [1.165, 1.54) is 6.42 Å². The first-order valence-electron chi connectivity index (χ1n) is 10.9. The van der Waals surface area contributed by atoms with Gasteiger partial charge >= 0.3 is 5.97 Å². The Balaban J connectivity index is 1.65. The molecule has 31 heavy (non-hydrogen) atoms. The maximum atomic E-state index is 13.5. The average Bonchev–Trinajstić information content (AvgIpc) is 3.20. The second-order valence-corrected chi connectivity index (χ2v) is 8.55. The molecule has 2 heterocycles. The molecule has 1 fully saturated rings. The van der Waals surface area contributed by atoms with Crippen LogP contribution >= 0.6 is 0 Å². The van der Waals surface area contributed by atoms with Gasteiger partial charge in [-0.15, -0.1) is 0 Å². The van der Waals surface area contributed by atoms with Crippen LogP contribution in [0.5, 0.6) is 0 Å². The fourth-order valence-corrected chi connectivity index (χ4v) is 4.79. The normalized spacial score (nSPS) is 17.6. The lowest BCUT2D eigenvalue weighted by Crippen LogP contribution is -2.34. The van der Waals surface area contributed by atoms with Crippen LogP contribution in [0.4, 0.5) is 11.4 Å². The predicted octanol–water partition coefficient (Wildman–Crippen LogP) is 4.55. The van der Waals surface area contributed by atoms with Crippen LogP contribution < -0.4 is 10.2 Å². The van der Waals surface area contributed by atoms with Crippen molar-refractivity contribution in [2.45, 2.75) is 32.6 Å². The summed E-state index contributed by atoms with van der Waals surface area (Å²) >= 11 is 0. The molecule has 2 N–H and O–H groups in total. The molecule has 1 saturated heterocycles. The first-order chi connectivity index (χ1) is 15.0. The van der Waals surface area contributed by atoms with E-state index in [0.717, 1.165) is 47.4 Å². The van der Waals surface area contributed by atoms with Crippen LogP contribution in [0.25, 0.3) is 22.2 Å². The van der Waals surface area contributed by atoms with Crippen LogP contribution in [0.3, 0.4) is 0 Å². The molecule has 0 saturated carbocycles. The number of fused-ring (bicyclic) bond motifs is 2. The summed E-state index contributed by atoms with van der Waals surface area (Å²) in [5.41, 5.74) is 4.33. The summed E-state index contributed by atoms with van der Waals surface area (Å²) in [4.78, 5) is 26.7. The van der Waals surface area contributed by atoms with Gasteiger partial charge in [-0.05, 0) is 31.2 Å². The van der Waals surface area contributed by atoms with Crippen molar-refractivity contribution in [2.24, 2.45) is 5.92 Å². The predicted molar refractivity (Wildman–Crippen MR) is 119 cm³/mol. The SMILES string of the molecule is C[C@H]1CCCN(c2cc(NCCCC(=O)O)c3c4c(onc24)-c2ccccc2C3=O)C1. The van der Waals surface area contributed by atoms with Gasteiger partial charge in [-0.2, -0.15) is 0 Å². The summed E-state index contributed by atoms with van der Waals surface area (Å²) in [6.07, 6.45) is 2.87. The molecule has 2 aromatic carbocycles. The minimum atomic E-state index is -0.826. The third-order valence-corrected chi connectivity index (χ3v) is 6.26. The number of nitrogens with one attached hydrogen (secondary N) is 1. The van der Waals surface area contributed by atoms with Crippen LogP contribution in [0.1, 0.15) is 48.5 Å². The Bertz CT molecular complexity index is 1180. The Morgan fingerprint density at radius 2 is 2.13 bits per heavy atom. The first kappa shape index (κ1) is 19.6. The van der Waals surface area contributed by atoms with Gasteiger partial charge in [-0.1, -0.05) is 36.3 Å². The van der Waals surface area contributed by atoms with Gasteiger partial charge in [0.2, 0.25) is 0 Å². The number of aliphatic carboxylic acids is 1. The molecular formula is C24H25N3O4. The molecule has 3 aromatic rings. The van der Waals surface area contributed by atoms with Gasteiger partial charge in [0.05, 0.1) is 16.6 Å². The average molecular weight is 419 g/mol. The molecule has 2 aliphatic rings. The molecule has 0 unspecified atom stereocenters. The number of carbonyl (C=O) groups excluding carboxylic acids is 1. The standard InChI is InChI=1S/C24H25N3O4/c1-14-6-5-11-27(13-14)18-12-17(25-10-4-9-19(28)29)20-21-22(18)26-31-24(21)16-8-3-2-7-15(16)23(20)30/h2-3,7-8,12,14,25H,4-6,9-11,13H2,1H3,(H,28,29)/t14-/m0/s1. The Morgan fingerprint density at radius 1 is 1.32 bits per heavy atom. The molecule has 7 heteroatoms. The first-order valence-corrected chi connectivity index (χ1v) is 10.9. The molecule has 0 bridgehead atoms. The van der Waals surface area contributed by atoms with Crippen LogP contribution in [0.15, 0.2) is 34.9 Å². The molecule has 1 aliphatic heterocycles. The monoisotopic (exact) mass is 419 g/mol. The van der Waals surface area contributed by atoms with Crippen LogP contribution in [0, 0.1) is 5.92 Å². The number of hydrogen-bond acceptors (Lipinski definition) is 6. The molecule has 1 atom stereocenters. The second-order valence-electron chi connectivity index (χ2n) is 8.55. The summed E-state index contributed by atoms with van der Waals surface area (Å²) in [5, 5.41) is 17.4. The Hall–Kier alpha value is -3.35. The van der Waals surface area contributed by atoms with Crippen molar-refractivity contribution >= 4 is 34.0 Å². The Kier molecular flexibility index (Phi) is 4.88. The Morgan fingerprint density at radius 3 is 2.90 bits per heavy atom. The van der Waals surface area contributed by atoms with Gasteiger partial charge in [-0.25, -0.2) is 0 Å². The van der Waals surface area contributed by atoms with Gasteiger partial charge in [0, 0.05) is 42.9 Å². The number of benzene rings is 2. The molecule has 1 aliphatic carbocycles. The molecule has 0 spiro atoms. The molecule has 5 rings (SSSR count). The van der Waals surface area contributed by atoms with Crippen LogP contribution in [0.2, 0.25) is 0 Å². The zero-order chi connectivity index (χ0) is 21.5. The van der Waals surface area contributed by atoms with Crippen molar-refractivity contribution in [1.29, 1.82) is 0 Å².